The van der Waals surface area contributed by atoms with Crippen LogP contribution in [-0.4, -0.2) is 16.5 Å². The second-order valence-corrected chi connectivity index (χ2v) is 4.78. The number of hydrogen-bond acceptors (Lipinski definition) is 2. The molecule has 0 bridgehead atoms. The van der Waals surface area contributed by atoms with Gasteiger partial charge in [-0.25, -0.2) is 4.98 Å². The van der Waals surface area contributed by atoms with Gasteiger partial charge in [0.15, 0.2) is 0 Å². The van der Waals surface area contributed by atoms with Crippen LogP contribution >= 0.6 is 15.9 Å². The summed E-state index contributed by atoms with van der Waals surface area (Å²) in [6.45, 7) is 0. The molecule has 18 heavy (non-hydrogen) atoms. The van der Waals surface area contributed by atoms with Crippen molar-refractivity contribution in [2.24, 2.45) is 0 Å². The highest BCUT2D eigenvalue weighted by molar-refractivity contribution is 9.10. The first-order valence-corrected chi connectivity index (χ1v) is 6.35. The van der Waals surface area contributed by atoms with E-state index in [1.807, 2.05) is 48.8 Å². The average Bonchev–Trinajstić information content (AvgIpc) is 2.84. The fraction of sp³-hybridized carbons (Fsp3) is 0.0714. The highest BCUT2D eigenvalue weighted by atomic mass is 79.9. The summed E-state index contributed by atoms with van der Waals surface area (Å²) in [6.07, 6.45) is 3.86. The highest BCUT2D eigenvalue weighted by Gasteiger charge is 2.08. The van der Waals surface area contributed by atoms with E-state index in [2.05, 4.69) is 25.3 Å². The summed E-state index contributed by atoms with van der Waals surface area (Å²) < 4.78 is 8.33. The number of hydrogen-bond donors (Lipinski definition) is 0. The van der Waals surface area contributed by atoms with Crippen LogP contribution in [0.3, 0.4) is 0 Å². The molecule has 0 saturated carbocycles. The van der Waals surface area contributed by atoms with Crippen molar-refractivity contribution in [1.82, 2.24) is 9.38 Å². The smallest absolute Gasteiger partial charge is 0.144 e. The van der Waals surface area contributed by atoms with E-state index in [1.165, 1.54) is 0 Å². The first-order chi connectivity index (χ1) is 8.79. The molecule has 90 valence electrons. The summed E-state index contributed by atoms with van der Waals surface area (Å²) in [5.41, 5.74) is 2.09. The largest absolute Gasteiger partial charge is 0.497 e. The first-order valence-electron chi connectivity index (χ1n) is 5.55. The van der Waals surface area contributed by atoms with Gasteiger partial charge in [-0.2, -0.15) is 0 Å². The zero-order valence-corrected chi connectivity index (χ0v) is 11.4. The molecule has 0 N–H and O–H groups in total. The monoisotopic (exact) mass is 302 g/mol. The number of pyridine rings is 1. The summed E-state index contributed by atoms with van der Waals surface area (Å²) in [7, 11) is 1.67. The maximum absolute atomic E-state index is 5.24. The molecule has 0 radical (unpaired) electrons. The molecule has 3 aromatic rings. The standard InChI is InChI=1S/C14H11BrN2O/c1-18-11-5-2-4-10(8-11)14-16-9-13-12(15)6-3-7-17(13)14/h2-9H,1H3. The van der Waals surface area contributed by atoms with Crippen molar-refractivity contribution in [2.45, 2.75) is 0 Å². The number of fused-ring (bicyclic) bond motifs is 1. The van der Waals surface area contributed by atoms with Crippen molar-refractivity contribution in [3.8, 4) is 17.1 Å². The quantitative estimate of drug-likeness (QED) is 0.720. The van der Waals surface area contributed by atoms with Crippen molar-refractivity contribution in [2.75, 3.05) is 7.11 Å². The fourth-order valence-electron chi connectivity index (χ4n) is 1.96. The number of nitrogens with zero attached hydrogens (tertiary/aromatic N) is 2. The SMILES string of the molecule is COc1cccc(-c2ncc3c(Br)cccn23)c1. The van der Waals surface area contributed by atoms with Crippen molar-refractivity contribution in [1.29, 1.82) is 0 Å². The lowest BCUT2D eigenvalue weighted by Gasteiger charge is -2.04. The number of methoxy groups -OCH3 is 1. The number of benzene rings is 1. The molecule has 4 heteroatoms. The van der Waals surface area contributed by atoms with Gasteiger partial charge in [0.2, 0.25) is 0 Å². The lowest BCUT2D eigenvalue weighted by Crippen LogP contribution is -1.90. The Labute approximate surface area is 113 Å². The zero-order valence-electron chi connectivity index (χ0n) is 9.80. The minimum atomic E-state index is 0.833. The van der Waals surface area contributed by atoms with E-state index in [4.69, 9.17) is 4.74 Å². The Morgan fingerprint density at radius 2 is 2.11 bits per heavy atom. The van der Waals surface area contributed by atoms with E-state index in [-0.39, 0.29) is 0 Å². The van der Waals surface area contributed by atoms with Crippen molar-refractivity contribution in [3.05, 3.63) is 53.3 Å². The molecule has 2 heterocycles. The van der Waals surface area contributed by atoms with Crippen molar-refractivity contribution >= 4 is 21.4 Å². The van der Waals surface area contributed by atoms with Gasteiger partial charge < -0.3 is 4.74 Å². The lowest BCUT2D eigenvalue weighted by atomic mass is 10.2. The van der Waals surface area contributed by atoms with E-state index in [0.717, 1.165) is 27.1 Å². The number of rotatable bonds is 2. The zero-order chi connectivity index (χ0) is 12.5. The second kappa shape index (κ2) is 4.46. The average molecular weight is 303 g/mol. The molecular weight excluding hydrogens is 292 g/mol. The summed E-state index contributed by atoms with van der Waals surface area (Å²) >= 11 is 3.53. The molecule has 0 saturated heterocycles. The molecule has 0 amide bonds. The van der Waals surface area contributed by atoms with Gasteiger partial charge in [-0.05, 0) is 40.2 Å². The second-order valence-electron chi connectivity index (χ2n) is 3.93. The Balaban J connectivity index is 2.22. The third-order valence-electron chi connectivity index (χ3n) is 2.85. The molecule has 0 fully saturated rings. The lowest BCUT2D eigenvalue weighted by molar-refractivity contribution is 0.415. The third kappa shape index (κ3) is 1.78. The van der Waals surface area contributed by atoms with E-state index < -0.39 is 0 Å². The molecular formula is C14H11BrN2O. The van der Waals surface area contributed by atoms with Gasteiger partial charge in [-0.1, -0.05) is 12.1 Å². The Morgan fingerprint density at radius 1 is 1.22 bits per heavy atom. The topological polar surface area (TPSA) is 26.5 Å². The Bertz CT molecular complexity index is 706. The predicted octanol–water partition coefficient (Wildman–Crippen LogP) is 3.77. The molecule has 0 atom stereocenters. The van der Waals surface area contributed by atoms with E-state index in [9.17, 15) is 0 Å². The van der Waals surface area contributed by atoms with Crippen LogP contribution in [0.1, 0.15) is 0 Å². The van der Waals surface area contributed by atoms with Crippen LogP contribution < -0.4 is 4.74 Å². The number of aromatic nitrogens is 2. The highest BCUT2D eigenvalue weighted by Crippen LogP contribution is 2.26. The predicted molar refractivity (Wildman–Crippen MR) is 74.9 cm³/mol. The Kier molecular flexibility index (Phi) is 2.80. The Morgan fingerprint density at radius 3 is 2.94 bits per heavy atom. The molecule has 0 aliphatic heterocycles. The van der Waals surface area contributed by atoms with Crippen LogP contribution in [0, 0.1) is 0 Å². The van der Waals surface area contributed by atoms with Gasteiger partial charge in [0, 0.05) is 16.2 Å². The molecule has 3 rings (SSSR count). The van der Waals surface area contributed by atoms with Gasteiger partial charge in [-0.15, -0.1) is 0 Å². The van der Waals surface area contributed by atoms with Crippen molar-refractivity contribution in [3.63, 3.8) is 0 Å². The third-order valence-corrected chi connectivity index (χ3v) is 3.52. The van der Waals surface area contributed by atoms with Crippen LogP contribution in [0.4, 0.5) is 0 Å². The van der Waals surface area contributed by atoms with E-state index in [0.29, 0.717) is 0 Å². The van der Waals surface area contributed by atoms with Gasteiger partial charge >= 0.3 is 0 Å². The minimum Gasteiger partial charge on any atom is -0.497 e. The molecule has 3 nitrogen and oxygen atoms in total. The summed E-state index contributed by atoms with van der Waals surface area (Å²) in [4.78, 5) is 4.48. The van der Waals surface area contributed by atoms with E-state index >= 15 is 0 Å². The van der Waals surface area contributed by atoms with Crippen molar-refractivity contribution < 1.29 is 4.74 Å². The van der Waals surface area contributed by atoms with Gasteiger partial charge in [-0.3, -0.25) is 4.40 Å². The van der Waals surface area contributed by atoms with Crippen LogP contribution in [0.25, 0.3) is 16.9 Å². The molecule has 0 aliphatic carbocycles. The van der Waals surface area contributed by atoms with E-state index in [1.54, 1.807) is 7.11 Å². The number of ether oxygens (including phenoxy) is 1. The molecule has 1 aromatic carbocycles. The summed E-state index contributed by atoms with van der Waals surface area (Å²) in [6, 6.07) is 11.9. The van der Waals surface area contributed by atoms with Gasteiger partial charge in [0.1, 0.15) is 11.6 Å². The first kappa shape index (κ1) is 11.3. The normalized spacial score (nSPS) is 10.8. The number of halogens is 1. The van der Waals surface area contributed by atoms with Gasteiger partial charge in [0.25, 0.3) is 0 Å². The maximum atomic E-state index is 5.24. The van der Waals surface area contributed by atoms with Crippen LogP contribution in [0.15, 0.2) is 53.3 Å². The van der Waals surface area contributed by atoms with Crippen LogP contribution in [0.5, 0.6) is 5.75 Å². The molecule has 0 aliphatic rings. The summed E-state index contributed by atoms with van der Waals surface area (Å²) in [5.74, 6) is 1.74. The van der Waals surface area contributed by atoms with Crippen LogP contribution in [0.2, 0.25) is 0 Å². The molecule has 0 unspecified atom stereocenters. The maximum Gasteiger partial charge on any atom is 0.144 e. The molecule has 0 spiro atoms. The molecule has 2 aromatic heterocycles. The fourth-order valence-corrected chi connectivity index (χ4v) is 2.41. The van der Waals surface area contributed by atoms with Gasteiger partial charge in [0.05, 0.1) is 18.8 Å². The Hall–Kier alpha value is -1.81. The minimum absolute atomic E-state index is 0.833. The summed E-state index contributed by atoms with van der Waals surface area (Å²) in [5, 5.41) is 0. The van der Waals surface area contributed by atoms with Crippen LogP contribution in [-0.2, 0) is 0 Å². The number of imidazole rings is 1.